The second kappa shape index (κ2) is 7.42. The predicted molar refractivity (Wildman–Crippen MR) is 93.3 cm³/mol. The zero-order chi connectivity index (χ0) is 15.7. The van der Waals surface area contributed by atoms with E-state index in [-0.39, 0.29) is 30.5 Å². The molecule has 4 rings (SSSR count). The number of hydrogen-bond donors (Lipinski definition) is 1. The third-order valence-corrected chi connectivity index (χ3v) is 5.76. The van der Waals surface area contributed by atoms with E-state index in [1.165, 1.54) is 12.8 Å². The number of ether oxygens (including phenoxy) is 1. The van der Waals surface area contributed by atoms with Gasteiger partial charge in [-0.2, -0.15) is 5.10 Å². The summed E-state index contributed by atoms with van der Waals surface area (Å²) in [5.41, 5.74) is -0.520. The average molecular weight is 355 g/mol. The zero-order valence-corrected chi connectivity index (χ0v) is 14.8. The Kier molecular flexibility index (Phi) is 5.47. The van der Waals surface area contributed by atoms with Gasteiger partial charge < -0.3 is 15.0 Å². The number of carbonyl (C=O) groups excluding carboxylic acids is 1. The molecule has 0 bridgehead atoms. The lowest BCUT2D eigenvalue weighted by atomic mass is 9.84. The lowest BCUT2D eigenvalue weighted by Gasteiger charge is -2.48. The summed E-state index contributed by atoms with van der Waals surface area (Å²) in [6.07, 6.45) is 10.2. The maximum atomic E-state index is 13.6. The summed E-state index contributed by atoms with van der Waals surface area (Å²) in [7, 11) is 0. The van der Waals surface area contributed by atoms with Gasteiger partial charge in [-0.1, -0.05) is 12.8 Å². The van der Waals surface area contributed by atoms with Gasteiger partial charge in [-0.05, 0) is 44.8 Å². The van der Waals surface area contributed by atoms with Crippen molar-refractivity contribution in [2.45, 2.75) is 56.2 Å². The fourth-order valence-corrected chi connectivity index (χ4v) is 4.52. The van der Waals surface area contributed by atoms with Crippen molar-refractivity contribution >= 4 is 18.3 Å². The second-order valence-electron chi connectivity index (χ2n) is 6.99. The molecule has 2 saturated heterocycles. The largest absolute Gasteiger partial charge is 0.374 e. The summed E-state index contributed by atoms with van der Waals surface area (Å²) in [5.74, 6) is 0.253. The fourth-order valence-electron chi connectivity index (χ4n) is 4.52. The first kappa shape index (κ1) is 17.7. The van der Waals surface area contributed by atoms with Crippen LogP contribution in [0.2, 0.25) is 0 Å². The Bertz CT molecular complexity index is 543. The molecule has 2 aliphatic heterocycles. The molecule has 6 nitrogen and oxygen atoms in total. The first-order chi connectivity index (χ1) is 11.3. The highest BCUT2D eigenvalue weighted by Crippen LogP contribution is 2.35. The van der Waals surface area contributed by atoms with Crippen molar-refractivity contribution in [2.75, 3.05) is 26.2 Å². The Hall–Kier alpha value is -1.11. The van der Waals surface area contributed by atoms with E-state index >= 15 is 0 Å². The maximum absolute atomic E-state index is 13.6. The molecule has 1 aromatic rings. The van der Waals surface area contributed by atoms with Crippen LogP contribution in [0.4, 0.5) is 0 Å². The minimum absolute atomic E-state index is 0. The number of halogens is 1. The van der Waals surface area contributed by atoms with E-state index in [4.69, 9.17) is 4.74 Å². The molecule has 3 aliphatic rings. The summed E-state index contributed by atoms with van der Waals surface area (Å²) in [4.78, 5) is 15.7. The monoisotopic (exact) mass is 354 g/mol. The van der Waals surface area contributed by atoms with E-state index in [1.54, 1.807) is 6.20 Å². The van der Waals surface area contributed by atoms with Crippen LogP contribution in [0.1, 0.15) is 38.5 Å². The van der Waals surface area contributed by atoms with Crippen molar-refractivity contribution in [3.63, 3.8) is 0 Å². The standard InChI is InChI=1S/C17H26N4O2.ClH/c22-16(20-12-13-23-15-5-2-1-4-14(15)20)17(6-9-18-10-7-17)21-11-3-8-19-21;/h3,8,11,14-15,18H,1-2,4-7,9-10,12-13H2;1H. The Labute approximate surface area is 149 Å². The van der Waals surface area contributed by atoms with Crippen LogP contribution >= 0.6 is 12.4 Å². The van der Waals surface area contributed by atoms with Crippen LogP contribution < -0.4 is 5.32 Å². The molecule has 2 atom stereocenters. The van der Waals surface area contributed by atoms with Gasteiger partial charge in [0.1, 0.15) is 5.54 Å². The molecule has 1 aromatic heterocycles. The third kappa shape index (κ3) is 2.95. The van der Waals surface area contributed by atoms with E-state index < -0.39 is 5.54 Å². The molecule has 1 amide bonds. The van der Waals surface area contributed by atoms with Crippen molar-refractivity contribution in [1.29, 1.82) is 0 Å². The minimum Gasteiger partial charge on any atom is -0.374 e. The van der Waals surface area contributed by atoms with E-state index in [2.05, 4.69) is 15.3 Å². The SMILES string of the molecule is Cl.O=C(N1CCOC2CCCCC21)C1(n2cccn2)CCNCC1. The molecule has 134 valence electrons. The van der Waals surface area contributed by atoms with E-state index in [0.29, 0.717) is 6.61 Å². The quantitative estimate of drug-likeness (QED) is 0.875. The average Bonchev–Trinajstić information content (AvgIpc) is 3.16. The van der Waals surface area contributed by atoms with Gasteiger partial charge in [-0.3, -0.25) is 9.48 Å². The molecule has 1 aliphatic carbocycles. The van der Waals surface area contributed by atoms with Crippen LogP contribution in [0.15, 0.2) is 18.5 Å². The number of piperidine rings is 1. The summed E-state index contributed by atoms with van der Waals surface area (Å²) >= 11 is 0. The zero-order valence-electron chi connectivity index (χ0n) is 14.0. The molecule has 1 N–H and O–H groups in total. The number of morpholine rings is 1. The fraction of sp³-hybridized carbons (Fsp3) is 0.765. The molecule has 24 heavy (non-hydrogen) atoms. The normalized spacial score (nSPS) is 29.4. The smallest absolute Gasteiger partial charge is 0.251 e. The number of rotatable bonds is 2. The summed E-state index contributed by atoms with van der Waals surface area (Å²) in [6, 6.07) is 2.17. The number of nitrogens with one attached hydrogen (secondary N) is 1. The predicted octanol–water partition coefficient (Wildman–Crippen LogP) is 1.55. The third-order valence-electron chi connectivity index (χ3n) is 5.76. The van der Waals surface area contributed by atoms with Gasteiger partial charge >= 0.3 is 0 Å². The maximum Gasteiger partial charge on any atom is 0.251 e. The first-order valence-electron chi connectivity index (χ1n) is 8.95. The second-order valence-corrected chi connectivity index (χ2v) is 6.99. The van der Waals surface area contributed by atoms with Crippen LogP contribution in [-0.2, 0) is 15.1 Å². The Morgan fingerprint density at radius 1 is 1.25 bits per heavy atom. The highest BCUT2D eigenvalue weighted by molar-refractivity contribution is 5.85. The molecule has 1 saturated carbocycles. The lowest BCUT2D eigenvalue weighted by molar-refractivity contribution is -0.161. The van der Waals surface area contributed by atoms with Crippen LogP contribution in [0.3, 0.4) is 0 Å². The van der Waals surface area contributed by atoms with E-state index in [9.17, 15) is 4.79 Å². The van der Waals surface area contributed by atoms with E-state index in [0.717, 1.165) is 45.3 Å². The van der Waals surface area contributed by atoms with Crippen LogP contribution in [0.5, 0.6) is 0 Å². The Balaban J connectivity index is 0.00000169. The number of nitrogens with zero attached hydrogens (tertiary/aromatic N) is 3. The topological polar surface area (TPSA) is 59.4 Å². The number of amides is 1. The first-order valence-corrected chi connectivity index (χ1v) is 8.95. The molecule has 2 unspecified atom stereocenters. The highest BCUT2D eigenvalue weighted by atomic mass is 35.5. The van der Waals surface area contributed by atoms with Crippen molar-refractivity contribution in [1.82, 2.24) is 20.0 Å². The summed E-state index contributed by atoms with van der Waals surface area (Å²) in [5, 5.41) is 7.82. The van der Waals surface area contributed by atoms with Gasteiger partial charge in [0, 0.05) is 18.9 Å². The molecule has 3 heterocycles. The van der Waals surface area contributed by atoms with Gasteiger partial charge in [0.25, 0.3) is 5.91 Å². The van der Waals surface area contributed by atoms with Crippen LogP contribution in [0.25, 0.3) is 0 Å². The van der Waals surface area contributed by atoms with E-state index in [1.807, 2.05) is 16.9 Å². The van der Waals surface area contributed by atoms with Gasteiger partial charge in [0.15, 0.2) is 0 Å². The van der Waals surface area contributed by atoms with Crippen LogP contribution in [-0.4, -0.2) is 59.0 Å². The van der Waals surface area contributed by atoms with Crippen LogP contribution in [0, 0.1) is 0 Å². The number of hydrogen-bond acceptors (Lipinski definition) is 4. The van der Waals surface area contributed by atoms with Gasteiger partial charge in [-0.15, -0.1) is 12.4 Å². The molecule has 0 aromatic carbocycles. The van der Waals surface area contributed by atoms with Gasteiger partial charge in [-0.25, -0.2) is 0 Å². The summed E-state index contributed by atoms with van der Waals surface area (Å²) < 4.78 is 7.85. The number of fused-ring (bicyclic) bond motifs is 1. The molecule has 7 heteroatoms. The molecule has 3 fully saturated rings. The number of aromatic nitrogens is 2. The molecular weight excluding hydrogens is 328 g/mol. The van der Waals surface area contributed by atoms with Crippen molar-refractivity contribution in [2.24, 2.45) is 0 Å². The number of carbonyl (C=O) groups is 1. The molecule has 0 radical (unpaired) electrons. The Morgan fingerprint density at radius 3 is 2.79 bits per heavy atom. The molecule has 0 spiro atoms. The highest BCUT2D eigenvalue weighted by Gasteiger charge is 2.48. The summed E-state index contributed by atoms with van der Waals surface area (Å²) in [6.45, 7) is 3.12. The van der Waals surface area contributed by atoms with Crippen molar-refractivity contribution in [3.05, 3.63) is 18.5 Å². The Morgan fingerprint density at radius 2 is 2.04 bits per heavy atom. The van der Waals surface area contributed by atoms with Gasteiger partial charge in [0.2, 0.25) is 0 Å². The van der Waals surface area contributed by atoms with Gasteiger partial charge in [0.05, 0.1) is 18.8 Å². The lowest BCUT2D eigenvalue weighted by Crippen LogP contribution is -2.62. The minimum atomic E-state index is -0.520. The van der Waals surface area contributed by atoms with Crippen molar-refractivity contribution in [3.8, 4) is 0 Å². The van der Waals surface area contributed by atoms with Crippen molar-refractivity contribution < 1.29 is 9.53 Å². The molecular formula is C17H27ClN4O2.